The van der Waals surface area contributed by atoms with Crippen molar-refractivity contribution in [3.63, 3.8) is 0 Å². The van der Waals surface area contributed by atoms with Gasteiger partial charge in [-0.15, -0.1) is 0 Å². The van der Waals surface area contributed by atoms with E-state index in [2.05, 4.69) is 47.6 Å². The molecule has 4 aliphatic rings. The van der Waals surface area contributed by atoms with E-state index < -0.39 is 0 Å². The van der Waals surface area contributed by atoms with Gasteiger partial charge in [-0.05, 0) is 97.2 Å². The van der Waals surface area contributed by atoms with Gasteiger partial charge >= 0.3 is 0 Å². The fourth-order valence-corrected chi connectivity index (χ4v) is 9.05. The number of aliphatic hydroxyl groups excluding tert-OH is 1. The minimum absolute atomic E-state index is 0.0687. The molecule has 0 saturated heterocycles. The third-order valence-electron chi connectivity index (χ3n) is 11.2. The monoisotopic (exact) mass is 414 g/mol. The summed E-state index contributed by atoms with van der Waals surface area (Å²) < 4.78 is 0. The van der Waals surface area contributed by atoms with Crippen LogP contribution in [0.4, 0.5) is 0 Å². The van der Waals surface area contributed by atoms with Crippen LogP contribution in [0.2, 0.25) is 0 Å². The summed E-state index contributed by atoms with van der Waals surface area (Å²) in [5, 5.41) is 11.3. The molecule has 30 heavy (non-hydrogen) atoms. The van der Waals surface area contributed by atoms with Crippen LogP contribution in [0.3, 0.4) is 0 Å². The van der Waals surface area contributed by atoms with Gasteiger partial charge in [0.25, 0.3) is 0 Å². The largest absolute Gasteiger partial charge is 0.393 e. The molecule has 0 amide bonds. The number of hydrogen-bond donors (Lipinski definition) is 1. The van der Waals surface area contributed by atoms with Gasteiger partial charge in [0.15, 0.2) is 0 Å². The van der Waals surface area contributed by atoms with Crippen LogP contribution in [0.1, 0.15) is 112 Å². The van der Waals surface area contributed by atoms with Crippen molar-refractivity contribution in [1.82, 2.24) is 0 Å². The SMILES string of the molecule is CC(C)C(C)CCCC(C)[C@H]1[C@H](O)C[C@H]2[C@@H]3CC=C4CCCC[C@]4(C)[C@H]3CC[C@@]21C. The normalized spacial score (nSPS) is 45.3. The van der Waals surface area contributed by atoms with Crippen molar-refractivity contribution in [3.8, 4) is 0 Å². The molecule has 0 aromatic rings. The quantitative estimate of drug-likeness (QED) is 0.436. The van der Waals surface area contributed by atoms with E-state index in [0.717, 1.165) is 36.0 Å². The third kappa shape index (κ3) is 3.74. The molecule has 172 valence electrons. The number of fused-ring (bicyclic) bond motifs is 5. The topological polar surface area (TPSA) is 20.2 Å². The maximum atomic E-state index is 11.3. The molecule has 0 aliphatic heterocycles. The van der Waals surface area contributed by atoms with Crippen molar-refractivity contribution >= 4 is 0 Å². The van der Waals surface area contributed by atoms with Gasteiger partial charge in [-0.2, -0.15) is 0 Å². The van der Waals surface area contributed by atoms with Crippen LogP contribution in [0.5, 0.6) is 0 Å². The fourth-order valence-electron chi connectivity index (χ4n) is 9.05. The lowest BCUT2D eigenvalue weighted by molar-refractivity contribution is -0.0559. The highest BCUT2D eigenvalue weighted by atomic mass is 16.3. The second-order valence-corrected chi connectivity index (χ2v) is 13.0. The Bertz CT molecular complexity index is 634. The molecule has 3 fully saturated rings. The Morgan fingerprint density at radius 1 is 1.03 bits per heavy atom. The van der Waals surface area contributed by atoms with Crippen molar-refractivity contribution in [1.29, 1.82) is 0 Å². The summed E-state index contributed by atoms with van der Waals surface area (Å²) in [6.45, 7) is 14.8. The number of rotatable bonds is 6. The number of aliphatic hydroxyl groups is 1. The highest BCUT2D eigenvalue weighted by molar-refractivity contribution is 5.24. The Labute approximate surface area is 187 Å². The number of hydrogen-bond acceptors (Lipinski definition) is 1. The van der Waals surface area contributed by atoms with Gasteiger partial charge in [-0.3, -0.25) is 0 Å². The lowest BCUT2D eigenvalue weighted by atomic mass is 9.47. The average Bonchev–Trinajstić information content (AvgIpc) is 2.97. The van der Waals surface area contributed by atoms with E-state index in [0.29, 0.717) is 22.7 Å². The zero-order valence-corrected chi connectivity index (χ0v) is 20.9. The van der Waals surface area contributed by atoms with Crippen LogP contribution >= 0.6 is 0 Å². The van der Waals surface area contributed by atoms with Gasteiger partial charge in [0, 0.05) is 0 Å². The summed E-state index contributed by atoms with van der Waals surface area (Å²) in [5.41, 5.74) is 2.64. The Morgan fingerprint density at radius 2 is 1.80 bits per heavy atom. The summed E-state index contributed by atoms with van der Waals surface area (Å²) in [5.74, 6) is 5.23. The van der Waals surface area contributed by atoms with Gasteiger partial charge in [-0.25, -0.2) is 0 Å². The maximum Gasteiger partial charge on any atom is 0.0579 e. The molecular formula is C29H50O. The molecule has 0 aromatic heterocycles. The van der Waals surface area contributed by atoms with Crippen LogP contribution in [0.25, 0.3) is 0 Å². The molecule has 0 heterocycles. The zero-order valence-electron chi connectivity index (χ0n) is 20.9. The molecule has 0 aromatic carbocycles. The zero-order chi connectivity index (χ0) is 21.7. The van der Waals surface area contributed by atoms with Gasteiger partial charge in [0.05, 0.1) is 6.10 Å². The molecule has 4 aliphatic carbocycles. The van der Waals surface area contributed by atoms with Gasteiger partial charge in [0.1, 0.15) is 0 Å². The molecule has 1 heteroatoms. The van der Waals surface area contributed by atoms with E-state index in [1.165, 1.54) is 64.2 Å². The van der Waals surface area contributed by atoms with Crippen molar-refractivity contribution < 1.29 is 5.11 Å². The van der Waals surface area contributed by atoms with Crippen LogP contribution in [0.15, 0.2) is 11.6 Å². The second kappa shape index (κ2) is 8.57. The van der Waals surface area contributed by atoms with Crippen LogP contribution < -0.4 is 0 Å². The molecule has 1 N–H and O–H groups in total. The van der Waals surface area contributed by atoms with E-state index in [4.69, 9.17) is 0 Å². The van der Waals surface area contributed by atoms with E-state index in [1.807, 2.05) is 0 Å². The molecule has 0 radical (unpaired) electrons. The second-order valence-electron chi connectivity index (χ2n) is 13.0. The van der Waals surface area contributed by atoms with Crippen molar-refractivity contribution in [2.75, 3.05) is 0 Å². The van der Waals surface area contributed by atoms with Crippen molar-refractivity contribution in [2.24, 2.45) is 52.3 Å². The Balaban J connectivity index is 1.48. The molecule has 9 atom stereocenters. The molecular weight excluding hydrogens is 364 g/mol. The van der Waals surface area contributed by atoms with E-state index in [-0.39, 0.29) is 6.10 Å². The minimum Gasteiger partial charge on any atom is -0.393 e. The Morgan fingerprint density at radius 3 is 2.53 bits per heavy atom. The smallest absolute Gasteiger partial charge is 0.0579 e. The average molecular weight is 415 g/mol. The highest BCUT2D eigenvalue weighted by Gasteiger charge is 2.61. The first kappa shape index (κ1) is 22.9. The van der Waals surface area contributed by atoms with Crippen LogP contribution in [0, 0.1) is 52.3 Å². The summed E-state index contributed by atoms with van der Waals surface area (Å²) >= 11 is 0. The van der Waals surface area contributed by atoms with E-state index >= 15 is 0 Å². The van der Waals surface area contributed by atoms with Gasteiger partial charge in [-0.1, -0.05) is 78.9 Å². The van der Waals surface area contributed by atoms with Gasteiger partial charge < -0.3 is 5.11 Å². The lowest BCUT2D eigenvalue weighted by Crippen LogP contribution is -2.50. The molecule has 4 rings (SSSR count). The van der Waals surface area contributed by atoms with Crippen molar-refractivity contribution in [2.45, 2.75) is 118 Å². The summed E-state index contributed by atoms with van der Waals surface area (Å²) in [7, 11) is 0. The number of allylic oxidation sites excluding steroid dienone is 2. The Hall–Kier alpha value is -0.300. The molecule has 1 nitrogen and oxygen atoms in total. The maximum absolute atomic E-state index is 11.3. The summed E-state index contributed by atoms with van der Waals surface area (Å²) in [6, 6.07) is 0. The van der Waals surface area contributed by atoms with E-state index in [1.54, 1.807) is 5.57 Å². The lowest BCUT2D eigenvalue weighted by Gasteiger charge is -2.58. The molecule has 0 spiro atoms. The highest BCUT2D eigenvalue weighted by Crippen LogP contribution is 2.67. The standard InChI is InChI=1S/C29H50O/c1-19(2)20(3)10-9-11-21(4)27-26(30)18-25-23-14-13-22-12-7-8-16-28(22,5)24(23)15-17-29(25,27)6/h13,19-21,23-27,30H,7-12,14-18H2,1-6H3/t20?,21?,23-,24+,25+,26-,27+,28+,29+/m1/s1. The first-order chi connectivity index (χ1) is 14.2. The first-order valence-electron chi connectivity index (χ1n) is 13.6. The summed E-state index contributed by atoms with van der Waals surface area (Å²) in [4.78, 5) is 0. The molecule has 3 saturated carbocycles. The predicted octanol–water partition coefficient (Wildman–Crippen LogP) is 8.02. The van der Waals surface area contributed by atoms with Crippen LogP contribution in [-0.2, 0) is 0 Å². The fraction of sp³-hybridized carbons (Fsp3) is 0.931. The minimum atomic E-state index is -0.0687. The van der Waals surface area contributed by atoms with Gasteiger partial charge in [0.2, 0.25) is 0 Å². The Kier molecular flexibility index (Phi) is 6.53. The summed E-state index contributed by atoms with van der Waals surface area (Å²) in [6.07, 6.45) is 17.3. The van der Waals surface area contributed by atoms with Crippen LogP contribution in [-0.4, -0.2) is 11.2 Å². The molecule has 0 bridgehead atoms. The van der Waals surface area contributed by atoms with Crippen molar-refractivity contribution in [3.05, 3.63) is 11.6 Å². The third-order valence-corrected chi connectivity index (χ3v) is 11.2. The first-order valence-corrected chi connectivity index (χ1v) is 13.6. The van der Waals surface area contributed by atoms with E-state index in [9.17, 15) is 5.11 Å². The predicted molar refractivity (Wildman–Crippen MR) is 128 cm³/mol. The molecule has 2 unspecified atom stereocenters.